The summed E-state index contributed by atoms with van der Waals surface area (Å²) in [6.07, 6.45) is 7.11. The summed E-state index contributed by atoms with van der Waals surface area (Å²) in [7, 11) is 0. The fourth-order valence-corrected chi connectivity index (χ4v) is 3.57. The quantitative estimate of drug-likeness (QED) is 0.644. The molecule has 1 aromatic rings. The van der Waals surface area contributed by atoms with E-state index in [0.29, 0.717) is 17.0 Å². The largest absolute Gasteiger partial charge is 0.325 e. The van der Waals surface area contributed by atoms with Gasteiger partial charge in [0.05, 0.1) is 4.92 Å². The number of nitrogens with two attached hydrogens (primary N) is 1. The maximum Gasteiger partial charge on any atom is 0.272 e. The smallest absolute Gasteiger partial charge is 0.272 e. The van der Waals surface area contributed by atoms with Crippen molar-refractivity contribution in [2.45, 2.75) is 57.4 Å². The monoisotopic (exact) mass is 310 g/mol. The number of hydrogen-bond acceptors (Lipinski definition) is 3. The average Bonchev–Trinajstić information content (AvgIpc) is 2.41. The molecule has 1 aliphatic carbocycles. The molecule has 0 aromatic heterocycles. The van der Waals surface area contributed by atoms with E-state index in [4.69, 9.17) is 17.3 Å². The van der Waals surface area contributed by atoms with E-state index in [1.807, 2.05) is 0 Å². The molecule has 0 bridgehead atoms. The Hall–Kier alpha value is -1.13. The third-order valence-electron chi connectivity index (χ3n) is 4.58. The maximum absolute atomic E-state index is 11.1. The lowest BCUT2D eigenvalue weighted by atomic mass is 9.73. The van der Waals surface area contributed by atoms with Gasteiger partial charge in [0.25, 0.3) is 5.69 Å². The molecule has 0 saturated heterocycles. The minimum absolute atomic E-state index is 0.125. The number of nitro benzene ring substituents is 1. The molecule has 0 aliphatic heterocycles. The molecule has 0 amide bonds. The minimum Gasteiger partial charge on any atom is -0.325 e. The number of benzene rings is 1. The first-order valence-electron chi connectivity index (χ1n) is 7.65. The lowest BCUT2D eigenvalue weighted by molar-refractivity contribution is -0.385. The van der Waals surface area contributed by atoms with Gasteiger partial charge in [0.15, 0.2) is 0 Å². The van der Waals surface area contributed by atoms with Gasteiger partial charge in [0.1, 0.15) is 0 Å². The molecule has 1 fully saturated rings. The molecular weight excluding hydrogens is 288 g/mol. The van der Waals surface area contributed by atoms with Gasteiger partial charge >= 0.3 is 0 Å². The van der Waals surface area contributed by atoms with Crippen molar-refractivity contribution in [3.63, 3.8) is 0 Å². The van der Waals surface area contributed by atoms with Crippen molar-refractivity contribution in [2.75, 3.05) is 0 Å². The van der Waals surface area contributed by atoms with Crippen LogP contribution in [0.15, 0.2) is 18.2 Å². The molecule has 4 nitrogen and oxygen atoms in total. The fraction of sp³-hybridized carbons (Fsp3) is 0.625. The Morgan fingerprint density at radius 1 is 1.43 bits per heavy atom. The molecule has 1 aliphatic rings. The van der Waals surface area contributed by atoms with Crippen LogP contribution in [0.5, 0.6) is 0 Å². The zero-order chi connectivity index (χ0) is 15.5. The molecule has 0 radical (unpaired) electrons. The van der Waals surface area contributed by atoms with Crippen molar-refractivity contribution >= 4 is 17.3 Å². The minimum atomic E-state index is -0.349. The van der Waals surface area contributed by atoms with E-state index in [1.165, 1.54) is 18.9 Å². The standard InChI is InChI=1S/C16H23ClN2O2/c1-2-3-12-6-8-16(18,9-7-12)11-13-10-14(17)4-5-15(13)19(20)21/h4-5,10,12H,2-3,6-9,11,18H2,1H3. The van der Waals surface area contributed by atoms with E-state index in [9.17, 15) is 10.1 Å². The molecule has 0 spiro atoms. The second kappa shape index (κ2) is 6.75. The zero-order valence-corrected chi connectivity index (χ0v) is 13.2. The molecule has 21 heavy (non-hydrogen) atoms. The van der Waals surface area contributed by atoms with E-state index < -0.39 is 0 Å². The fourth-order valence-electron chi connectivity index (χ4n) is 3.38. The second-order valence-electron chi connectivity index (χ2n) is 6.30. The Labute approximate surface area is 130 Å². The van der Waals surface area contributed by atoms with E-state index in [0.717, 1.165) is 31.6 Å². The van der Waals surface area contributed by atoms with Crippen LogP contribution < -0.4 is 5.73 Å². The zero-order valence-electron chi connectivity index (χ0n) is 12.5. The highest BCUT2D eigenvalue weighted by atomic mass is 35.5. The predicted octanol–water partition coefficient (Wildman–Crippen LogP) is 4.48. The van der Waals surface area contributed by atoms with Gasteiger partial charge in [-0.1, -0.05) is 31.4 Å². The SMILES string of the molecule is CCCC1CCC(N)(Cc2cc(Cl)ccc2[N+](=O)[O-])CC1. The number of hydrogen-bond donors (Lipinski definition) is 1. The number of rotatable bonds is 5. The van der Waals surface area contributed by atoms with E-state index in [1.54, 1.807) is 12.1 Å². The highest BCUT2D eigenvalue weighted by Crippen LogP contribution is 2.36. The first-order chi connectivity index (χ1) is 9.93. The van der Waals surface area contributed by atoms with E-state index in [-0.39, 0.29) is 16.1 Å². The number of halogens is 1. The van der Waals surface area contributed by atoms with Gasteiger partial charge in [0, 0.05) is 22.2 Å². The van der Waals surface area contributed by atoms with Gasteiger partial charge in [-0.2, -0.15) is 0 Å². The highest BCUT2D eigenvalue weighted by Gasteiger charge is 2.33. The Balaban J connectivity index is 2.11. The Bertz CT molecular complexity index is 511. The van der Waals surface area contributed by atoms with Crippen LogP contribution in [-0.4, -0.2) is 10.5 Å². The van der Waals surface area contributed by atoms with Crippen molar-refractivity contribution in [3.8, 4) is 0 Å². The molecule has 116 valence electrons. The van der Waals surface area contributed by atoms with Crippen LogP contribution in [0.25, 0.3) is 0 Å². The van der Waals surface area contributed by atoms with Crippen LogP contribution >= 0.6 is 11.6 Å². The maximum atomic E-state index is 11.1. The molecule has 0 unspecified atom stereocenters. The third kappa shape index (κ3) is 4.17. The third-order valence-corrected chi connectivity index (χ3v) is 4.81. The van der Waals surface area contributed by atoms with E-state index >= 15 is 0 Å². The number of nitro groups is 1. The van der Waals surface area contributed by atoms with E-state index in [2.05, 4.69) is 6.92 Å². The molecule has 0 heterocycles. The Kier molecular flexibility index (Phi) is 5.22. The summed E-state index contributed by atoms with van der Waals surface area (Å²) in [5.74, 6) is 0.765. The van der Waals surface area contributed by atoms with Gasteiger partial charge in [0.2, 0.25) is 0 Å². The summed E-state index contributed by atoms with van der Waals surface area (Å²) in [6.45, 7) is 2.21. The van der Waals surface area contributed by atoms with Crippen molar-refractivity contribution in [1.29, 1.82) is 0 Å². The first-order valence-corrected chi connectivity index (χ1v) is 8.03. The molecule has 5 heteroatoms. The van der Waals surface area contributed by atoms with Crippen LogP contribution in [0.2, 0.25) is 5.02 Å². The van der Waals surface area contributed by atoms with Gasteiger partial charge in [-0.25, -0.2) is 0 Å². The summed E-state index contributed by atoms with van der Waals surface area (Å²) in [6, 6.07) is 4.72. The normalized spacial score (nSPS) is 25.8. The summed E-state index contributed by atoms with van der Waals surface area (Å²) in [4.78, 5) is 10.8. The van der Waals surface area contributed by atoms with Crippen molar-refractivity contribution in [3.05, 3.63) is 38.9 Å². The molecular formula is C16H23ClN2O2. The lowest BCUT2D eigenvalue weighted by Gasteiger charge is -2.37. The summed E-state index contributed by atoms with van der Waals surface area (Å²) in [5, 5.41) is 11.7. The van der Waals surface area contributed by atoms with Crippen LogP contribution in [0.3, 0.4) is 0 Å². The predicted molar refractivity (Wildman–Crippen MR) is 85.6 cm³/mol. The Morgan fingerprint density at radius 2 is 2.10 bits per heavy atom. The van der Waals surface area contributed by atoms with Gasteiger partial charge in [-0.05, 0) is 50.2 Å². The average molecular weight is 311 g/mol. The van der Waals surface area contributed by atoms with Gasteiger partial charge in [-0.15, -0.1) is 0 Å². The van der Waals surface area contributed by atoms with Crippen molar-refractivity contribution in [2.24, 2.45) is 11.7 Å². The number of nitrogens with zero attached hydrogens (tertiary/aromatic N) is 1. The van der Waals surface area contributed by atoms with Crippen molar-refractivity contribution < 1.29 is 4.92 Å². The van der Waals surface area contributed by atoms with Crippen LogP contribution in [-0.2, 0) is 6.42 Å². The summed E-state index contributed by atoms with van der Waals surface area (Å²) < 4.78 is 0. The van der Waals surface area contributed by atoms with Gasteiger partial charge < -0.3 is 5.73 Å². The van der Waals surface area contributed by atoms with Crippen LogP contribution in [0.1, 0.15) is 51.0 Å². The first kappa shape index (κ1) is 16.2. The molecule has 0 atom stereocenters. The molecule has 2 rings (SSSR count). The van der Waals surface area contributed by atoms with Crippen LogP contribution in [0.4, 0.5) is 5.69 Å². The second-order valence-corrected chi connectivity index (χ2v) is 6.74. The summed E-state index contributed by atoms with van der Waals surface area (Å²) >= 11 is 5.99. The molecule has 1 saturated carbocycles. The molecule has 2 N–H and O–H groups in total. The molecule has 1 aromatic carbocycles. The van der Waals surface area contributed by atoms with Crippen molar-refractivity contribution in [1.82, 2.24) is 0 Å². The Morgan fingerprint density at radius 3 is 2.67 bits per heavy atom. The highest BCUT2D eigenvalue weighted by molar-refractivity contribution is 6.30. The van der Waals surface area contributed by atoms with Crippen LogP contribution in [0, 0.1) is 16.0 Å². The van der Waals surface area contributed by atoms with Gasteiger partial charge in [-0.3, -0.25) is 10.1 Å². The summed E-state index contributed by atoms with van der Waals surface area (Å²) in [5.41, 5.74) is 6.95. The topological polar surface area (TPSA) is 69.2 Å². The lowest BCUT2D eigenvalue weighted by Crippen LogP contribution is -2.45.